The fraction of sp³-hybridized carbons (Fsp3) is 0.455. The first-order chi connectivity index (χ1) is 24.7. The summed E-state index contributed by atoms with van der Waals surface area (Å²) in [5, 5.41) is 2.63. The number of fused-ring (bicyclic) bond motifs is 4. The highest BCUT2D eigenvalue weighted by Crippen LogP contribution is 2.41. The van der Waals surface area contributed by atoms with E-state index >= 15 is 0 Å². The van der Waals surface area contributed by atoms with Gasteiger partial charge in [0.15, 0.2) is 0 Å². The summed E-state index contributed by atoms with van der Waals surface area (Å²) < 4.78 is 4.54. The second-order valence-corrected chi connectivity index (χ2v) is 17.7. The third-order valence-electron chi connectivity index (χ3n) is 10.3. The fourth-order valence-corrected chi connectivity index (χ4v) is 10.3. The third-order valence-corrected chi connectivity index (χ3v) is 12.7. The van der Waals surface area contributed by atoms with Gasteiger partial charge in [-0.1, -0.05) is 177 Å². The molecule has 0 radical (unpaired) electrons. The maximum Gasteiger partial charge on any atom is 0.116 e. The van der Waals surface area contributed by atoms with E-state index in [1.807, 2.05) is 0 Å². The smallest absolute Gasteiger partial charge is 0.116 e. The molecule has 0 aliphatic heterocycles. The van der Waals surface area contributed by atoms with Gasteiger partial charge in [-0.05, 0) is 50.4 Å². The van der Waals surface area contributed by atoms with E-state index in [0.717, 1.165) is 47.7 Å². The van der Waals surface area contributed by atoms with Crippen molar-refractivity contribution in [3.05, 3.63) is 80.4 Å². The minimum atomic E-state index is 0.897. The van der Waals surface area contributed by atoms with Crippen molar-refractivity contribution in [1.29, 1.82) is 0 Å². The average molecular weight is 816 g/mol. The molecule has 3 nitrogen and oxygen atoms in total. The molecule has 0 unspecified atom stereocenters. The molecule has 0 aliphatic rings. The molecule has 50 heavy (non-hydrogen) atoms. The summed E-state index contributed by atoms with van der Waals surface area (Å²) in [6, 6.07) is 26.2. The molecule has 3 aromatic heterocycles. The van der Waals surface area contributed by atoms with Gasteiger partial charge in [0.05, 0.1) is 19.0 Å². The predicted octanol–water partition coefficient (Wildman–Crippen LogP) is 15.7. The van der Waals surface area contributed by atoms with E-state index in [1.54, 1.807) is 11.3 Å². The molecule has 0 fully saturated rings. The molecular weight excluding hydrogens is 762 g/mol. The van der Waals surface area contributed by atoms with Crippen molar-refractivity contribution in [3.8, 4) is 22.5 Å². The lowest BCUT2D eigenvalue weighted by Crippen LogP contribution is -1.99. The first-order valence-corrected chi connectivity index (χ1v) is 21.8. The van der Waals surface area contributed by atoms with Crippen LogP contribution in [-0.2, 0) is 6.54 Å². The first kappa shape index (κ1) is 37.2. The van der Waals surface area contributed by atoms with E-state index in [0.29, 0.717) is 0 Å². The number of thiophene rings is 1. The minimum absolute atomic E-state index is 0.897. The predicted molar refractivity (Wildman–Crippen MR) is 225 cm³/mol. The number of rotatable bonds is 21. The summed E-state index contributed by atoms with van der Waals surface area (Å²) in [4.78, 5) is 10.4. The summed E-state index contributed by atoms with van der Waals surface area (Å²) in [6.07, 6.45) is 25.2. The third kappa shape index (κ3) is 9.46. The number of benzene rings is 3. The zero-order valence-corrected chi connectivity index (χ0v) is 33.9. The Kier molecular flexibility index (Phi) is 14.4. The van der Waals surface area contributed by atoms with Gasteiger partial charge in [-0.2, -0.15) is 0 Å². The van der Waals surface area contributed by atoms with Crippen LogP contribution >= 0.6 is 43.2 Å². The van der Waals surface area contributed by atoms with Gasteiger partial charge < -0.3 is 4.57 Å². The average Bonchev–Trinajstić information content (AvgIpc) is 3.62. The molecule has 0 N–H and O–H groups in total. The molecule has 6 aromatic rings. The van der Waals surface area contributed by atoms with Crippen molar-refractivity contribution >= 4 is 76.0 Å². The van der Waals surface area contributed by atoms with Gasteiger partial charge in [-0.25, -0.2) is 9.97 Å². The van der Waals surface area contributed by atoms with Crippen LogP contribution in [0.15, 0.2) is 80.4 Å². The Hall–Kier alpha value is -2.54. The SMILES string of the molecule is CCCCCCCCCCCCCCCCCCCCn1c2ccccc2c2ccc(-c3nc4c(Br)sc(Br)c4nc3-c3ccccc3)cc21. The van der Waals surface area contributed by atoms with Gasteiger partial charge in [0.1, 0.15) is 11.0 Å². The molecular formula is C44H53Br2N3S. The van der Waals surface area contributed by atoms with Crippen LogP contribution in [0.25, 0.3) is 55.4 Å². The number of aryl methyl sites for hydroxylation is 1. The first-order valence-electron chi connectivity index (χ1n) is 19.4. The zero-order chi connectivity index (χ0) is 34.5. The summed E-state index contributed by atoms with van der Waals surface area (Å²) >= 11 is 9.09. The zero-order valence-electron chi connectivity index (χ0n) is 29.9. The van der Waals surface area contributed by atoms with Gasteiger partial charge in [0.2, 0.25) is 0 Å². The van der Waals surface area contributed by atoms with E-state index in [9.17, 15) is 0 Å². The number of aromatic nitrogens is 3. The molecule has 0 atom stereocenters. The van der Waals surface area contributed by atoms with Crippen molar-refractivity contribution in [1.82, 2.24) is 14.5 Å². The second-order valence-electron chi connectivity index (χ2n) is 14.0. The van der Waals surface area contributed by atoms with E-state index < -0.39 is 0 Å². The van der Waals surface area contributed by atoms with Crippen LogP contribution in [0.3, 0.4) is 0 Å². The van der Waals surface area contributed by atoms with Crippen LogP contribution < -0.4 is 0 Å². The number of hydrogen-bond acceptors (Lipinski definition) is 3. The Morgan fingerprint density at radius 3 is 1.56 bits per heavy atom. The van der Waals surface area contributed by atoms with Gasteiger partial charge in [-0.3, -0.25) is 0 Å². The van der Waals surface area contributed by atoms with Crippen molar-refractivity contribution in [2.45, 2.75) is 129 Å². The number of unbranched alkanes of at least 4 members (excludes halogenated alkanes) is 17. The van der Waals surface area contributed by atoms with E-state index in [4.69, 9.17) is 9.97 Å². The lowest BCUT2D eigenvalue weighted by atomic mass is 10.0. The van der Waals surface area contributed by atoms with Crippen LogP contribution in [0, 0.1) is 0 Å². The number of halogens is 2. The van der Waals surface area contributed by atoms with Crippen LogP contribution in [0.2, 0.25) is 0 Å². The molecule has 264 valence electrons. The number of para-hydroxylation sites is 1. The molecule has 6 heteroatoms. The van der Waals surface area contributed by atoms with E-state index in [2.05, 4.69) is 116 Å². The molecule has 3 heterocycles. The van der Waals surface area contributed by atoms with Crippen molar-refractivity contribution in [2.24, 2.45) is 0 Å². The normalized spacial score (nSPS) is 11.8. The monoisotopic (exact) mass is 813 g/mol. The maximum absolute atomic E-state index is 5.25. The summed E-state index contributed by atoms with van der Waals surface area (Å²) in [7, 11) is 0. The van der Waals surface area contributed by atoms with Gasteiger partial charge in [0, 0.05) is 39.5 Å². The molecule has 3 aromatic carbocycles. The Bertz CT molecular complexity index is 1940. The Balaban J connectivity index is 1.04. The molecule has 6 rings (SSSR count). The summed E-state index contributed by atoms with van der Waals surface area (Å²) in [5.41, 5.74) is 8.40. The Morgan fingerprint density at radius 1 is 0.500 bits per heavy atom. The van der Waals surface area contributed by atoms with Crippen LogP contribution in [0.5, 0.6) is 0 Å². The van der Waals surface area contributed by atoms with Gasteiger partial charge in [0.25, 0.3) is 0 Å². The molecule has 0 spiro atoms. The molecule has 0 bridgehead atoms. The van der Waals surface area contributed by atoms with E-state index in [-0.39, 0.29) is 0 Å². The number of hydrogen-bond donors (Lipinski definition) is 0. The Labute approximate surface area is 320 Å². The summed E-state index contributed by atoms with van der Waals surface area (Å²) in [5.74, 6) is 0. The highest BCUT2D eigenvalue weighted by molar-refractivity contribution is 9.12. The van der Waals surface area contributed by atoms with E-state index in [1.165, 1.54) is 137 Å². The van der Waals surface area contributed by atoms with Crippen molar-refractivity contribution in [2.75, 3.05) is 0 Å². The minimum Gasteiger partial charge on any atom is -0.340 e. The van der Waals surface area contributed by atoms with Crippen LogP contribution in [0.1, 0.15) is 122 Å². The fourth-order valence-electron chi connectivity index (χ4n) is 7.49. The maximum atomic E-state index is 5.25. The van der Waals surface area contributed by atoms with Gasteiger partial charge >= 0.3 is 0 Å². The lowest BCUT2D eigenvalue weighted by molar-refractivity contribution is 0.521. The van der Waals surface area contributed by atoms with Crippen molar-refractivity contribution in [3.63, 3.8) is 0 Å². The highest BCUT2D eigenvalue weighted by Gasteiger charge is 2.20. The molecule has 0 saturated carbocycles. The lowest BCUT2D eigenvalue weighted by Gasteiger charge is -2.12. The highest BCUT2D eigenvalue weighted by atomic mass is 79.9. The standard InChI is InChI=1S/C44H53Br2N3S/c1-2-3-4-5-6-7-8-9-10-11-12-13-14-15-16-17-18-24-31-49-37-28-23-22-27-35(37)36-30-29-34(32-38(36)49)40-39(33-25-20-19-21-26-33)47-41-42(48-40)44(46)50-43(41)45/h19-23,25-30,32H,2-18,24,31H2,1H3. The molecule has 0 aliphatic carbocycles. The quantitative estimate of drug-likeness (QED) is 0.0678. The molecule has 0 saturated heterocycles. The largest absolute Gasteiger partial charge is 0.340 e. The number of nitrogens with zero attached hydrogens (tertiary/aromatic N) is 3. The summed E-state index contributed by atoms with van der Waals surface area (Å²) in [6.45, 7) is 3.33. The van der Waals surface area contributed by atoms with Crippen molar-refractivity contribution < 1.29 is 0 Å². The Morgan fingerprint density at radius 2 is 0.980 bits per heavy atom. The van der Waals surface area contributed by atoms with Crippen LogP contribution in [-0.4, -0.2) is 14.5 Å². The topological polar surface area (TPSA) is 30.7 Å². The van der Waals surface area contributed by atoms with Crippen LogP contribution in [0.4, 0.5) is 0 Å². The van der Waals surface area contributed by atoms with Gasteiger partial charge in [-0.15, -0.1) is 11.3 Å². The second kappa shape index (κ2) is 19.3. The molecule has 0 amide bonds.